The van der Waals surface area contributed by atoms with Crippen LogP contribution < -0.4 is 19.5 Å². The lowest BCUT2D eigenvalue weighted by Crippen LogP contribution is -2.10. The third kappa shape index (κ3) is 5.53. The molecule has 34 heavy (non-hydrogen) atoms. The van der Waals surface area contributed by atoms with Gasteiger partial charge in [-0.15, -0.1) is 11.6 Å². The summed E-state index contributed by atoms with van der Waals surface area (Å²) in [5, 5.41) is 13.6. The highest BCUT2D eigenvalue weighted by Gasteiger charge is 2.20. The highest BCUT2D eigenvalue weighted by molar-refractivity contribution is 6.32. The maximum absolute atomic E-state index is 12.3. The minimum absolute atomic E-state index is 0.209. The van der Waals surface area contributed by atoms with Crippen LogP contribution >= 0.6 is 23.2 Å². The molecule has 3 aromatic rings. The fourth-order valence-electron chi connectivity index (χ4n) is 3.31. The first-order valence-electron chi connectivity index (χ1n) is 10.5. The van der Waals surface area contributed by atoms with Gasteiger partial charge in [0, 0.05) is 29.5 Å². The maximum Gasteiger partial charge on any atom is 0.248 e. The number of allylic oxidation sites excluding steroid dienone is 1. The molecule has 0 unspecified atom stereocenters. The van der Waals surface area contributed by atoms with Crippen LogP contribution in [0.3, 0.4) is 0 Å². The van der Waals surface area contributed by atoms with Gasteiger partial charge in [-0.1, -0.05) is 24.6 Å². The van der Waals surface area contributed by atoms with Crippen LogP contribution in [0.5, 0.6) is 23.0 Å². The van der Waals surface area contributed by atoms with Crippen molar-refractivity contribution < 1.29 is 19.0 Å². The molecule has 0 radical (unpaired) electrons. The number of hydrogen-bond donors (Lipinski definition) is 1. The summed E-state index contributed by atoms with van der Waals surface area (Å²) in [4.78, 5) is 17.0. The van der Waals surface area contributed by atoms with Crippen LogP contribution in [0.4, 0.5) is 5.69 Å². The third-order valence-corrected chi connectivity index (χ3v) is 5.29. The molecule has 0 aliphatic heterocycles. The van der Waals surface area contributed by atoms with E-state index in [1.807, 2.05) is 13.8 Å². The van der Waals surface area contributed by atoms with Crippen molar-refractivity contribution in [2.45, 2.75) is 20.3 Å². The van der Waals surface area contributed by atoms with Crippen LogP contribution in [0.2, 0.25) is 5.02 Å². The average molecular weight is 500 g/mol. The number of methoxy groups -OCH3 is 1. The Labute approximate surface area is 207 Å². The summed E-state index contributed by atoms with van der Waals surface area (Å²) >= 11 is 11.9. The van der Waals surface area contributed by atoms with Crippen molar-refractivity contribution in [1.82, 2.24) is 4.98 Å². The maximum atomic E-state index is 12.3. The Hall–Kier alpha value is -3.47. The predicted molar refractivity (Wildman–Crippen MR) is 134 cm³/mol. The van der Waals surface area contributed by atoms with Crippen LogP contribution in [0, 0.1) is 11.3 Å². The van der Waals surface area contributed by atoms with Gasteiger partial charge in [0.15, 0.2) is 5.75 Å². The number of pyridine rings is 1. The van der Waals surface area contributed by atoms with E-state index in [1.165, 1.54) is 19.3 Å². The molecule has 1 N–H and O–H groups in total. The van der Waals surface area contributed by atoms with E-state index in [9.17, 15) is 10.1 Å². The zero-order chi connectivity index (χ0) is 24.7. The number of benzene rings is 2. The van der Waals surface area contributed by atoms with Crippen LogP contribution in [-0.2, 0) is 11.2 Å². The molecule has 0 saturated carbocycles. The van der Waals surface area contributed by atoms with Crippen LogP contribution in [0.15, 0.2) is 42.5 Å². The van der Waals surface area contributed by atoms with Crippen LogP contribution in [0.1, 0.15) is 25.1 Å². The Kier molecular flexibility index (Phi) is 8.58. The fourth-order valence-corrected chi connectivity index (χ4v) is 3.65. The summed E-state index contributed by atoms with van der Waals surface area (Å²) in [6.45, 7) is 4.13. The van der Waals surface area contributed by atoms with Gasteiger partial charge in [-0.3, -0.25) is 9.78 Å². The number of rotatable bonds is 9. The minimum atomic E-state index is -0.371. The lowest BCUT2D eigenvalue weighted by molar-refractivity contribution is -0.111. The number of nitrogens with zero attached hydrogens (tertiary/aromatic N) is 2. The normalized spacial score (nSPS) is 10.8. The molecule has 2 aromatic carbocycles. The second kappa shape index (κ2) is 11.6. The Balaban J connectivity index is 2.22. The van der Waals surface area contributed by atoms with Crippen molar-refractivity contribution in [3.63, 3.8) is 0 Å². The van der Waals surface area contributed by atoms with Gasteiger partial charge in [0.25, 0.3) is 0 Å². The lowest BCUT2D eigenvalue weighted by atomic mass is 10.0. The highest BCUT2D eigenvalue weighted by atomic mass is 35.5. The number of halogens is 2. The molecule has 0 aliphatic rings. The summed E-state index contributed by atoms with van der Waals surface area (Å²) in [7, 11) is 1.52. The molecule has 0 spiro atoms. The first-order chi connectivity index (χ1) is 16.4. The SMILES string of the molecule is CCOc1cc2nc(CC)c(C#N)c(Oc3ccc(OC)c(Cl)c3)c2cc1NC(=O)/C=C/CCl. The van der Waals surface area contributed by atoms with E-state index < -0.39 is 0 Å². The molecule has 0 aliphatic carbocycles. The quantitative estimate of drug-likeness (QED) is 0.276. The monoisotopic (exact) mass is 499 g/mol. The number of carbonyl (C=O) groups excluding carboxylic acids is 1. The third-order valence-electron chi connectivity index (χ3n) is 4.82. The Morgan fingerprint density at radius 1 is 1.24 bits per heavy atom. The molecule has 0 fully saturated rings. The standard InChI is InChI=1S/C25H23Cl2N3O4/c1-4-19-17(14-28)25(34-15-8-9-22(32-3)18(27)11-15)16-12-21(30-24(31)7-6-10-26)23(33-5-2)13-20(16)29-19/h6-9,11-13H,4-5,10H2,1-3H3,(H,30,31)/b7-6+. The number of alkyl halides is 1. The van der Waals surface area contributed by atoms with Crippen molar-refractivity contribution in [1.29, 1.82) is 5.26 Å². The largest absolute Gasteiger partial charge is 0.495 e. The lowest BCUT2D eigenvalue weighted by Gasteiger charge is -2.17. The molecule has 0 saturated heterocycles. The van der Waals surface area contributed by atoms with Crippen molar-refractivity contribution in [3.05, 3.63) is 58.8 Å². The fraction of sp³-hybridized carbons (Fsp3) is 0.240. The second-order valence-corrected chi connectivity index (χ2v) is 7.69. The first-order valence-corrected chi connectivity index (χ1v) is 11.4. The first kappa shape index (κ1) is 25.2. The topological polar surface area (TPSA) is 93.5 Å². The summed E-state index contributed by atoms with van der Waals surface area (Å²) in [5.41, 5.74) is 1.84. The van der Waals surface area contributed by atoms with Crippen LogP contribution in [-0.4, -0.2) is 30.5 Å². The number of ether oxygens (including phenoxy) is 3. The molecule has 9 heteroatoms. The van der Waals surface area contributed by atoms with E-state index in [0.29, 0.717) is 68.9 Å². The summed E-state index contributed by atoms with van der Waals surface area (Å²) in [5.74, 6) is 1.51. The molecule has 1 amide bonds. The number of nitrogens with one attached hydrogen (secondary N) is 1. The van der Waals surface area contributed by atoms with E-state index in [1.54, 1.807) is 30.3 Å². The van der Waals surface area contributed by atoms with Crippen molar-refractivity contribution in [2.24, 2.45) is 0 Å². The zero-order valence-electron chi connectivity index (χ0n) is 18.9. The summed E-state index contributed by atoms with van der Waals surface area (Å²) < 4.78 is 17.1. The molecule has 3 rings (SSSR count). The predicted octanol–water partition coefficient (Wildman–Crippen LogP) is 6.26. The van der Waals surface area contributed by atoms with E-state index >= 15 is 0 Å². The number of carbonyl (C=O) groups is 1. The summed E-state index contributed by atoms with van der Waals surface area (Å²) in [6.07, 6.45) is 3.39. The number of anilines is 1. The average Bonchev–Trinajstić information content (AvgIpc) is 2.83. The number of aromatic nitrogens is 1. The van der Waals surface area contributed by atoms with Gasteiger partial charge in [-0.25, -0.2) is 0 Å². The van der Waals surface area contributed by atoms with E-state index in [4.69, 9.17) is 37.4 Å². The minimum Gasteiger partial charge on any atom is -0.495 e. The van der Waals surface area contributed by atoms with E-state index in [2.05, 4.69) is 16.4 Å². The molecular formula is C25H23Cl2N3O4. The van der Waals surface area contributed by atoms with Crippen LogP contribution in [0.25, 0.3) is 10.9 Å². The molecule has 176 valence electrons. The number of hydrogen-bond acceptors (Lipinski definition) is 6. The van der Waals surface area contributed by atoms with Gasteiger partial charge >= 0.3 is 0 Å². The summed E-state index contributed by atoms with van der Waals surface area (Å²) in [6, 6.07) is 10.6. The van der Waals surface area contributed by atoms with Crippen molar-refractivity contribution >= 4 is 45.7 Å². The van der Waals surface area contributed by atoms with Gasteiger partial charge in [-0.05, 0) is 31.5 Å². The van der Waals surface area contributed by atoms with Crippen molar-refractivity contribution in [2.75, 3.05) is 24.9 Å². The smallest absolute Gasteiger partial charge is 0.248 e. The Morgan fingerprint density at radius 3 is 2.65 bits per heavy atom. The van der Waals surface area contributed by atoms with E-state index in [0.717, 1.165) is 0 Å². The van der Waals surface area contributed by atoms with Gasteiger partial charge in [0.05, 0.1) is 35.6 Å². The van der Waals surface area contributed by atoms with Gasteiger partial charge < -0.3 is 19.5 Å². The van der Waals surface area contributed by atoms with Gasteiger partial charge in [0.2, 0.25) is 5.91 Å². The molecule has 1 heterocycles. The molecular weight excluding hydrogens is 477 g/mol. The van der Waals surface area contributed by atoms with E-state index in [-0.39, 0.29) is 11.8 Å². The zero-order valence-corrected chi connectivity index (χ0v) is 20.5. The molecule has 1 aromatic heterocycles. The van der Waals surface area contributed by atoms with Gasteiger partial charge in [-0.2, -0.15) is 5.26 Å². The Morgan fingerprint density at radius 2 is 2.03 bits per heavy atom. The number of nitriles is 1. The Bertz CT molecular complexity index is 1290. The molecule has 0 atom stereocenters. The highest BCUT2D eigenvalue weighted by Crippen LogP contribution is 2.40. The second-order valence-electron chi connectivity index (χ2n) is 6.97. The molecule has 0 bridgehead atoms. The number of aryl methyl sites for hydroxylation is 1. The van der Waals surface area contributed by atoms with Gasteiger partial charge in [0.1, 0.15) is 28.9 Å². The van der Waals surface area contributed by atoms with Crippen molar-refractivity contribution in [3.8, 4) is 29.1 Å². The number of amides is 1. The molecule has 7 nitrogen and oxygen atoms in total. The number of fused-ring (bicyclic) bond motifs is 1.